The third-order valence-corrected chi connectivity index (χ3v) is 0.969. The van der Waals surface area contributed by atoms with Crippen LogP contribution in [0.15, 0.2) is 0 Å². The molecule has 2 atom stereocenters. The van der Waals surface area contributed by atoms with Crippen molar-refractivity contribution in [3.63, 3.8) is 0 Å². The quantitative estimate of drug-likeness (QED) is 0.180. The van der Waals surface area contributed by atoms with Gasteiger partial charge in [-0.2, -0.15) is 0 Å². The van der Waals surface area contributed by atoms with Crippen LogP contribution in [0.25, 0.3) is 0 Å². The molecule has 0 heterocycles. The van der Waals surface area contributed by atoms with E-state index in [2.05, 4.69) is 0 Å². The van der Waals surface area contributed by atoms with Crippen LogP contribution >= 0.6 is 15.6 Å². The average Bonchev–Trinajstić information content (AvgIpc) is 2.11. The summed E-state index contributed by atoms with van der Waals surface area (Å²) in [6, 6.07) is 0. The van der Waals surface area contributed by atoms with Crippen LogP contribution in [0.1, 0.15) is 6.42 Å². The Morgan fingerprint density at radius 3 is 1.26 bits per heavy atom. The smallest absolute Gasteiger partial charge is 0.394 e. The van der Waals surface area contributed by atoms with E-state index >= 15 is 0 Å². The van der Waals surface area contributed by atoms with E-state index in [0.717, 1.165) is 0 Å². The van der Waals surface area contributed by atoms with Crippen LogP contribution in [0.3, 0.4) is 0 Å². The summed E-state index contributed by atoms with van der Waals surface area (Å²) < 4.78 is 17.8. The lowest BCUT2D eigenvalue weighted by atomic mass is 10.2. The molecule has 0 aromatic rings. The fourth-order valence-electron chi connectivity index (χ4n) is 0.377. The van der Waals surface area contributed by atoms with Gasteiger partial charge < -0.3 is 49.5 Å². The summed E-state index contributed by atoms with van der Waals surface area (Å²) in [6.07, 6.45) is -1.98. The molecule has 0 aromatic heterocycles. The van der Waals surface area contributed by atoms with Crippen molar-refractivity contribution in [3.8, 4) is 0 Å². The number of hydrogen-bond donors (Lipinski definition) is 9. The summed E-state index contributed by atoms with van der Waals surface area (Å²) in [7, 11) is -9.28. The highest BCUT2D eigenvalue weighted by Gasteiger charge is 2.13. The second kappa shape index (κ2) is 11.6. The van der Waals surface area contributed by atoms with Crippen molar-refractivity contribution in [2.24, 2.45) is 0 Å². The average molecular weight is 330 g/mol. The zero-order valence-corrected chi connectivity index (χ0v) is 11.1. The fourth-order valence-corrected chi connectivity index (χ4v) is 0.377. The molecule has 12 nitrogen and oxygen atoms in total. The van der Waals surface area contributed by atoms with E-state index in [9.17, 15) is 4.79 Å². The minimum atomic E-state index is -4.64. The number of carbonyl (C=O) groups excluding carboxylic acids is 1. The first kappa shape index (κ1) is 23.8. The number of aliphatic hydroxyl groups excluding tert-OH is 3. The van der Waals surface area contributed by atoms with Gasteiger partial charge in [0, 0.05) is 6.42 Å². The van der Waals surface area contributed by atoms with Crippen molar-refractivity contribution in [2.45, 2.75) is 18.6 Å². The Kier molecular flexibility index (Phi) is 14.5. The molecule has 0 radical (unpaired) electrons. The Hall–Kier alpha value is -0.230. The summed E-state index contributed by atoms with van der Waals surface area (Å²) in [5, 5.41) is 25.5. The van der Waals surface area contributed by atoms with Crippen LogP contribution < -0.4 is 0 Å². The van der Waals surface area contributed by atoms with Crippen molar-refractivity contribution < 1.29 is 58.6 Å². The van der Waals surface area contributed by atoms with E-state index < -0.39 is 34.5 Å². The van der Waals surface area contributed by atoms with Gasteiger partial charge in [-0.15, -0.1) is 0 Å². The fraction of sp³-hybridized carbons (Fsp3) is 0.800. The van der Waals surface area contributed by atoms with Crippen LogP contribution in [0.4, 0.5) is 0 Å². The summed E-state index contributed by atoms with van der Waals surface area (Å²) in [6.45, 7) is -0.519. The van der Waals surface area contributed by atoms with E-state index in [0.29, 0.717) is 6.29 Å². The normalized spacial score (nSPS) is 14.2. The molecular weight excluding hydrogens is 314 g/mol. The van der Waals surface area contributed by atoms with E-state index in [1.807, 2.05) is 0 Å². The van der Waals surface area contributed by atoms with Gasteiger partial charge in [-0.3, -0.25) is 0 Å². The van der Waals surface area contributed by atoms with Gasteiger partial charge >= 0.3 is 15.6 Å². The Balaban J connectivity index is -0.000000219. The highest BCUT2D eigenvalue weighted by molar-refractivity contribution is 7.45. The molecular formula is C5H16O12P2. The number of carbonyl (C=O) groups is 1. The van der Waals surface area contributed by atoms with Crippen LogP contribution in [0.5, 0.6) is 0 Å². The van der Waals surface area contributed by atoms with Crippen molar-refractivity contribution in [3.05, 3.63) is 0 Å². The predicted octanol–water partition coefficient (Wildman–Crippen LogP) is -3.57. The van der Waals surface area contributed by atoms with E-state index in [4.69, 9.17) is 53.8 Å². The standard InChI is InChI=1S/C5H10O4.2H3O4P/c6-2-1-4(8)5(9)3-7;2*1-5(2,3)4/h2,4-5,7-9H,1,3H2;2*(H3,1,2,3,4). The molecule has 0 saturated carbocycles. The Morgan fingerprint density at radius 2 is 1.11 bits per heavy atom. The van der Waals surface area contributed by atoms with Crippen molar-refractivity contribution in [2.75, 3.05) is 6.61 Å². The molecule has 0 bridgehead atoms. The first-order valence-electron chi connectivity index (χ1n) is 4.19. The molecule has 0 aliphatic rings. The topological polar surface area (TPSA) is 233 Å². The highest BCUT2D eigenvalue weighted by atomic mass is 31.2. The second-order valence-corrected chi connectivity index (χ2v) is 4.80. The molecule has 2 unspecified atom stereocenters. The van der Waals surface area contributed by atoms with E-state index in [1.54, 1.807) is 0 Å². The third kappa shape index (κ3) is 57.5. The third-order valence-electron chi connectivity index (χ3n) is 0.969. The molecule has 0 aliphatic carbocycles. The van der Waals surface area contributed by atoms with Gasteiger partial charge in [0.25, 0.3) is 0 Å². The Labute approximate surface area is 107 Å². The molecule has 118 valence electrons. The SMILES string of the molecule is O=CCC(O)C(O)CO.O=P(O)(O)O.O=P(O)(O)O. The first-order valence-corrected chi connectivity index (χ1v) is 7.32. The maximum atomic E-state index is 9.68. The minimum Gasteiger partial charge on any atom is -0.394 e. The van der Waals surface area contributed by atoms with Crippen LogP contribution in [0.2, 0.25) is 0 Å². The maximum Gasteiger partial charge on any atom is 0.466 e. The van der Waals surface area contributed by atoms with E-state index in [-0.39, 0.29) is 6.42 Å². The molecule has 0 fully saturated rings. The zero-order valence-electron chi connectivity index (χ0n) is 9.29. The number of aliphatic hydroxyl groups is 3. The van der Waals surface area contributed by atoms with Crippen LogP contribution in [0, 0.1) is 0 Å². The lowest BCUT2D eigenvalue weighted by molar-refractivity contribution is -0.111. The van der Waals surface area contributed by atoms with Gasteiger partial charge in [-0.25, -0.2) is 9.13 Å². The molecule has 0 rings (SSSR count). The first-order chi connectivity index (χ1) is 8.22. The summed E-state index contributed by atoms with van der Waals surface area (Å²) in [4.78, 5) is 52.8. The molecule has 19 heavy (non-hydrogen) atoms. The summed E-state index contributed by atoms with van der Waals surface area (Å²) in [5.74, 6) is 0. The Bertz CT molecular complexity index is 269. The van der Waals surface area contributed by atoms with Crippen LogP contribution in [-0.2, 0) is 13.9 Å². The van der Waals surface area contributed by atoms with Crippen molar-refractivity contribution in [1.82, 2.24) is 0 Å². The minimum absolute atomic E-state index is 0.137. The van der Waals surface area contributed by atoms with Gasteiger partial charge in [0.2, 0.25) is 0 Å². The van der Waals surface area contributed by atoms with Crippen LogP contribution in [-0.4, -0.2) is 69.8 Å². The van der Waals surface area contributed by atoms with Crippen molar-refractivity contribution in [1.29, 1.82) is 0 Å². The summed E-state index contributed by atoms with van der Waals surface area (Å²) >= 11 is 0. The monoisotopic (exact) mass is 330 g/mol. The zero-order chi connectivity index (χ0) is 16.3. The lowest BCUT2D eigenvalue weighted by Gasteiger charge is -2.11. The molecule has 0 aliphatic heterocycles. The van der Waals surface area contributed by atoms with E-state index in [1.165, 1.54) is 0 Å². The largest absolute Gasteiger partial charge is 0.466 e. The molecule has 0 spiro atoms. The molecule has 0 amide bonds. The van der Waals surface area contributed by atoms with Gasteiger partial charge in [-0.05, 0) is 0 Å². The lowest BCUT2D eigenvalue weighted by Crippen LogP contribution is -2.29. The second-order valence-electron chi connectivity index (χ2n) is 2.75. The predicted molar refractivity (Wildman–Crippen MR) is 58.3 cm³/mol. The van der Waals surface area contributed by atoms with Gasteiger partial charge in [0.05, 0.1) is 12.7 Å². The maximum absolute atomic E-state index is 9.68. The highest BCUT2D eigenvalue weighted by Crippen LogP contribution is 2.26. The number of hydrogen-bond acceptors (Lipinski definition) is 6. The number of rotatable bonds is 4. The van der Waals surface area contributed by atoms with Gasteiger partial charge in [0.15, 0.2) is 0 Å². The number of aldehydes is 1. The molecule has 0 saturated heterocycles. The number of phosphoric acid groups is 2. The molecule has 14 heteroatoms. The molecule has 0 aromatic carbocycles. The van der Waals surface area contributed by atoms with Gasteiger partial charge in [-0.1, -0.05) is 0 Å². The Morgan fingerprint density at radius 1 is 0.842 bits per heavy atom. The van der Waals surface area contributed by atoms with Gasteiger partial charge in [0.1, 0.15) is 12.4 Å². The van der Waals surface area contributed by atoms with Crippen molar-refractivity contribution >= 4 is 21.9 Å². The molecule has 9 N–H and O–H groups in total. The summed E-state index contributed by atoms with van der Waals surface area (Å²) in [5.41, 5.74) is 0.